The van der Waals surface area contributed by atoms with Crippen LogP contribution in [0.3, 0.4) is 0 Å². The second kappa shape index (κ2) is 9.88. The van der Waals surface area contributed by atoms with Crippen molar-refractivity contribution in [3.8, 4) is 0 Å². The van der Waals surface area contributed by atoms with Crippen LogP contribution in [0.4, 0.5) is 0 Å². The molecule has 0 saturated carbocycles. The molecule has 8 heavy (non-hydrogen) atoms. The first-order chi connectivity index (χ1) is 3.89. The highest BCUT2D eigenvalue weighted by atomic mass is 14.0. The summed E-state index contributed by atoms with van der Waals surface area (Å²) in [5, 5.41) is 0. The van der Waals surface area contributed by atoms with E-state index in [2.05, 4.69) is 13.0 Å². The molecule has 1 aliphatic carbocycles. The van der Waals surface area contributed by atoms with E-state index in [-0.39, 0.29) is 0 Å². The van der Waals surface area contributed by atoms with Crippen LogP contribution in [0.25, 0.3) is 0 Å². The number of hydrogen-bond acceptors (Lipinski definition) is 0. The molecule has 0 aliphatic heterocycles. The molecule has 0 heteroatoms. The Kier molecular flexibility index (Phi) is 13.2. The summed E-state index contributed by atoms with van der Waals surface area (Å²) in [6, 6.07) is 0. The summed E-state index contributed by atoms with van der Waals surface area (Å²) in [6.07, 6.45) is 3.49. The zero-order chi connectivity index (χ0) is 6.99. The Balaban J connectivity index is 0. The standard InChI is InChI=1S/C4H6.2C2H6/c1-4-2-3-4;2*1-2/h2H,3H2,1H3;2*1-2H3. The largest absolute Gasteiger partial charge is 0.0812 e. The van der Waals surface area contributed by atoms with Crippen LogP contribution < -0.4 is 0 Å². The molecule has 0 bridgehead atoms. The van der Waals surface area contributed by atoms with Gasteiger partial charge in [-0.3, -0.25) is 0 Å². The fourth-order valence-corrected chi connectivity index (χ4v) is 0.102. The molecule has 0 saturated heterocycles. The summed E-state index contributed by atoms with van der Waals surface area (Å²) >= 11 is 0. The summed E-state index contributed by atoms with van der Waals surface area (Å²) in [5.74, 6) is 0. The lowest BCUT2D eigenvalue weighted by Gasteiger charge is -1.47. The van der Waals surface area contributed by atoms with Gasteiger partial charge in [0.1, 0.15) is 0 Å². The molecule has 0 nitrogen and oxygen atoms in total. The normalized spacial score (nSPS) is 11.4. The lowest BCUT2D eigenvalue weighted by Crippen LogP contribution is -1.26. The molecule has 0 heterocycles. The van der Waals surface area contributed by atoms with Crippen molar-refractivity contribution in [1.29, 1.82) is 0 Å². The van der Waals surface area contributed by atoms with E-state index in [9.17, 15) is 0 Å². The Morgan fingerprint density at radius 3 is 1.25 bits per heavy atom. The van der Waals surface area contributed by atoms with E-state index < -0.39 is 0 Å². The highest BCUT2D eigenvalue weighted by molar-refractivity contribution is 5.17. The maximum absolute atomic E-state index is 2.21. The van der Waals surface area contributed by atoms with Gasteiger partial charge >= 0.3 is 0 Å². The minimum Gasteiger partial charge on any atom is -0.0812 e. The summed E-state index contributed by atoms with van der Waals surface area (Å²) in [4.78, 5) is 0. The molecule has 1 aliphatic rings. The summed E-state index contributed by atoms with van der Waals surface area (Å²) in [5.41, 5.74) is 1.54. The third kappa shape index (κ3) is 17.2. The first-order valence-electron chi connectivity index (χ1n) is 3.55. The van der Waals surface area contributed by atoms with E-state index in [4.69, 9.17) is 0 Å². The molecule has 50 valence electrons. The second-order valence-electron chi connectivity index (χ2n) is 1.25. The molecule has 0 N–H and O–H groups in total. The highest BCUT2D eigenvalue weighted by Crippen LogP contribution is 2.14. The summed E-state index contributed by atoms with van der Waals surface area (Å²) < 4.78 is 0. The third-order valence-electron chi connectivity index (χ3n) is 0.612. The van der Waals surface area contributed by atoms with Gasteiger partial charge in [-0.15, -0.1) is 0 Å². The van der Waals surface area contributed by atoms with Crippen LogP contribution in [0, 0.1) is 0 Å². The lowest BCUT2D eigenvalue weighted by molar-refractivity contribution is 1.48. The average Bonchev–Trinajstić information content (AvgIpc) is 2.62. The van der Waals surface area contributed by atoms with Gasteiger partial charge in [0, 0.05) is 0 Å². The van der Waals surface area contributed by atoms with Gasteiger partial charge in [0.15, 0.2) is 0 Å². The van der Waals surface area contributed by atoms with Crippen LogP contribution in [0.15, 0.2) is 11.6 Å². The molecule has 0 aromatic carbocycles. The predicted octanol–water partition coefficient (Wildman–Crippen LogP) is 3.39. The van der Waals surface area contributed by atoms with Crippen LogP contribution in [-0.4, -0.2) is 0 Å². The Morgan fingerprint density at radius 1 is 1.12 bits per heavy atom. The fourth-order valence-electron chi connectivity index (χ4n) is 0.102. The zero-order valence-corrected chi connectivity index (χ0v) is 6.78. The van der Waals surface area contributed by atoms with E-state index in [0.29, 0.717) is 0 Å². The first-order valence-corrected chi connectivity index (χ1v) is 3.55. The van der Waals surface area contributed by atoms with E-state index in [1.165, 1.54) is 6.42 Å². The quantitative estimate of drug-likeness (QED) is 0.423. The Hall–Kier alpha value is -0.260. The second-order valence-corrected chi connectivity index (χ2v) is 1.25. The molecule has 0 unspecified atom stereocenters. The van der Waals surface area contributed by atoms with Crippen LogP contribution in [0.5, 0.6) is 0 Å². The van der Waals surface area contributed by atoms with Crippen molar-refractivity contribution < 1.29 is 0 Å². The van der Waals surface area contributed by atoms with Crippen LogP contribution in [-0.2, 0) is 0 Å². The Morgan fingerprint density at radius 2 is 1.25 bits per heavy atom. The zero-order valence-electron chi connectivity index (χ0n) is 6.78. The maximum Gasteiger partial charge on any atom is -0.0139 e. The van der Waals surface area contributed by atoms with Gasteiger partial charge in [0.25, 0.3) is 0 Å². The number of rotatable bonds is 0. The Labute approximate surface area is 53.6 Å². The van der Waals surface area contributed by atoms with Crippen molar-refractivity contribution in [2.24, 2.45) is 0 Å². The van der Waals surface area contributed by atoms with Crippen molar-refractivity contribution in [2.45, 2.75) is 41.0 Å². The van der Waals surface area contributed by atoms with Crippen molar-refractivity contribution in [1.82, 2.24) is 0 Å². The van der Waals surface area contributed by atoms with Crippen molar-refractivity contribution in [3.63, 3.8) is 0 Å². The Bertz CT molecular complexity index is 51.1. The van der Waals surface area contributed by atoms with Gasteiger partial charge in [-0.2, -0.15) is 0 Å². The molecule has 0 amide bonds. The van der Waals surface area contributed by atoms with Gasteiger partial charge in [-0.1, -0.05) is 39.3 Å². The van der Waals surface area contributed by atoms with Crippen molar-refractivity contribution in [2.75, 3.05) is 0 Å². The van der Waals surface area contributed by atoms with Gasteiger partial charge in [0.2, 0.25) is 0 Å². The van der Waals surface area contributed by atoms with Gasteiger partial charge in [0.05, 0.1) is 0 Å². The van der Waals surface area contributed by atoms with Crippen molar-refractivity contribution in [3.05, 3.63) is 11.6 Å². The number of allylic oxidation sites excluding steroid dienone is 2. The molecule has 0 aromatic rings. The SMILES string of the molecule is CC.CC.CC1=CC1. The van der Waals surface area contributed by atoms with Gasteiger partial charge < -0.3 is 0 Å². The summed E-state index contributed by atoms with van der Waals surface area (Å²) in [7, 11) is 0. The number of hydrogen-bond donors (Lipinski definition) is 0. The molecule has 0 aromatic heterocycles. The van der Waals surface area contributed by atoms with E-state index in [1.54, 1.807) is 5.57 Å². The molecule has 0 atom stereocenters. The van der Waals surface area contributed by atoms with Crippen LogP contribution in [0.1, 0.15) is 41.0 Å². The average molecular weight is 114 g/mol. The smallest absolute Gasteiger partial charge is 0.0139 e. The monoisotopic (exact) mass is 114 g/mol. The van der Waals surface area contributed by atoms with Gasteiger partial charge in [-0.25, -0.2) is 0 Å². The molecular weight excluding hydrogens is 96.1 g/mol. The minimum atomic E-state index is 1.28. The molecule has 0 fully saturated rings. The van der Waals surface area contributed by atoms with Crippen molar-refractivity contribution >= 4 is 0 Å². The molecule has 0 radical (unpaired) electrons. The molecule has 0 spiro atoms. The van der Waals surface area contributed by atoms with Crippen LogP contribution >= 0.6 is 0 Å². The van der Waals surface area contributed by atoms with E-state index >= 15 is 0 Å². The van der Waals surface area contributed by atoms with E-state index in [0.717, 1.165) is 0 Å². The highest BCUT2D eigenvalue weighted by Gasteiger charge is 1.94. The fraction of sp³-hybridized carbons (Fsp3) is 0.750. The lowest BCUT2D eigenvalue weighted by atomic mass is 10.6. The van der Waals surface area contributed by atoms with Crippen LogP contribution in [0.2, 0.25) is 0 Å². The predicted molar refractivity (Wildman–Crippen MR) is 41.1 cm³/mol. The van der Waals surface area contributed by atoms with E-state index in [1.807, 2.05) is 27.7 Å². The molecule has 1 rings (SSSR count). The van der Waals surface area contributed by atoms with Gasteiger partial charge in [-0.05, 0) is 13.3 Å². The topological polar surface area (TPSA) is 0 Å². The first kappa shape index (κ1) is 10.7. The third-order valence-corrected chi connectivity index (χ3v) is 0.612. The maximum atomic E-state index is 2.21. The minimum absolute atomic E-state index is 1.28. The molecular formula is C8H18. The summed E-state index contributed by atoms with van der Waals surface area (Å²) in [6.45, 7) is 10.1.